The van der Waals surface area contributed by atoms with E-state index in [4.69, 9.17) is 9.47 Å². The van der Waals surface area contributed by atoms with Crippen LogP contribution in [0, 0.1) is 38.5 Å². The fraction of sp³-hybridized carbons (Fsp3) is 0.805. The maximum absolute atomic E-state index is 13.0. The molecular formula is C41H70N2O5. The number of esters is 1. The monoisotopic (exact) mass is 671 g/mol. The van der Waals surface area contributed by atoms with Crippen molar-refractivity contribution in [3.05, 3.63) is 22.3 Å². The number of amides is 1. The van der Waals surface area contributed by atoms with Gasteiger partial charge in [0.1, 0.15) is 17.1 Å². The first-order valence-electron chi connectivity index (χ1n) is 19.1. The minimum atomic E-state index is -0.601. The van der Waals surface area contributed by atoms with Crippen molar-refractivity contribution in [2.75, 3.05) is 0 Å². The van der Waals surface area contributed by atoms with Gasteiger partial charge in [0.15, 0.2) is 0 Å². The number of nitrogens with one attached hydrogen (secondary N) is 1. The molecule has 2 heterocycles. The first kappa shape index (κ1) is 40.3. The van der Waals surface area contributed by atoms with E-state index >= 15 is 0 Å². The lowest BCUT2D eigenvalue weighted by Gasteiger charge is -2.38. The quantitative estimate of drug-likeness (QED) is 0.127. The van der Waals surface area contributed by atoms with Crippen LogP contribution >= 0.6 is 0 Å². The van der Waals surface area contributed by atoms with Gasteiger partial charge in [-0.3, -0.25) is 9.59 Å². The summed E-state index contributed by atoms with van der Waals surface area (Å²) in [5.74, 6) is 3.33. The summed E-state index contributed by atoms with van der Waals surface area (Å²) in [5.41, 5.74) is 2.80. The Balaban J connectivity index is 1.49. The molecule has 2 aliphatic heterocycles. The van der Waals surface area contributed by atoms with Gasteiger partial charge < -0.3 is 20.0 Å². The van der Waals surface area contributed by atoms with Crippen LogP contribution in [0.5, 0.6) is 11.5 Å². The van der Waals surface area contributed by atoms with Gasteiger partial charge in [0.25, 0.3) is 0 Å². The van der Waals surface area contributed by atoms with E-state index in [9.17, 15) is 14.8 Å². The van der Waals surface area contributed by atoms with Gasteiger partial charge in [0, 0.05) is 17.5 Å². The smallest absolute Gasteiger partial charge is 0.311 e. The zero-order valence-electron chi connectivity index (χ0n) is 32.7. The van der Waals surface area contributed by atoms with Crippen molar-refractivity contribution < 1.29 is 24.3 Å². The van der Waals surface area contributed by atoms with E-state index in [1.165, 1.54) is 56.4 Å². The molecular weight excluding hydrogens is 600 g/mol. The van der Waals surface area contributed by atoms with Gasteiger partial charge in [-0.1, -0.05) is 72.6 Å². The lowest BCUT2D eigenvalue weighted by molar-refractivity contribution is -0.194. The first-order valence-corrected chi connectivity index (χ1v) is 19.1. The van der Waals surface area contributed by atoms with E-state index < -0.39 is 17.0 Å². The average molecular weight is 671 g/mol. The summed E-state index contributed by atoms with van der Waals surface area (Å²) >= 11 is 0. The van der Waals surface area contributed by atoms with Crippen LogP contribution in [0.4, 0.5) is 0 Å². The molecule has 0 saturated carbocycles. The Morgan fingerprint density at radius 3 is 2.02 bits per heavy atom. The van der Waals surface area contributed by atoms with Crippen molar-refractivity contribution in [1.29, 1.82) is 0 Å². The Morgan fingerprint density at radius 2 is 1.46 bits per heavy atom. The fourth-order valence-electron chi connectivity index (χ4n) is 8.05. The van der Waals surface area contributed by atoms with E-state index in [2.05, 4.69) is 46.9 Å². The van der Waals surface area contributed by atoms with Gasteiger partial charge in [-0.15, -0.1) is 0 Å². The number of ether oxygens (including phenoxy) is 2. The van der Waals surface area contributed by atoms with E-state index in [1.807, 2.05) is 41.5 Å². The molecule has 7 nitrogen and oxygen atoms in total. The highest BCUT2D eigenvalue weighted by atomic mass is 16.5. The van der Waals surface area contributed by atoms with E-state index in [0.717, 1.165) is 65.0 Å². The fourth-order valence-corrected chi connectivity index (χ4v) is 8.05. The standard InChI is InChI=1S/C41H70N2O5/c1-27(2)16-13-17-28(3)18-14-19-29(4)20-15-24-41(12)25-23-33-32(7)37(30(5)31(6)38(33)48-41)47-36(45)22-21-35(44)42-34-26-39(8,9)43(46)40(34,10)11/h27-29,34,46H,13-26H2,1-12H3,(H,42,44)/t28-,29-,34?,41-/m1/s1. The second-order valence-electron chi connectivity index (χ2n) is 17.5. The maximum atomic E-state index is 13.0. The van der Waals surface area contributed by atoms with Crippen molar-refractivity contribution >= 4 is 11.9 Å². The first-order chi connectivity index (χ1) is 22.3. The van der Waals surface area contributed by atoms with Gasteiger partial charge in [0.2, 0.25) is 5.91 Å². The van der Waals surface area contributed by atoms with Gasteiger partial charge in [-0.05, 0) is 122 Å². The molecule has 1 aromatic carbocycles. The third-order valence-corrected chi connectivity index (χ3v) is 11.6. The molecule has 274 valence electrons. The Kier molecular flexibility index (Phi) is 14.0. The lowest BCUT2D eigenvalue weighted by atomic mass is 9.83. The highest BCUT2D eigenvalue weighted by molar-refractivity contribution is 5.83. The second kappa shape index (κ2) is 16.7. The Bertz CT molecular complexity index is 1250. The summed E-state index contributed by atoms with van der Waals surface area (Å²) < 4.78 is 12.7. The number of hydrogen-bond acceptors (Lipinski definition) is 6. The third-order valence-electron chi connectivity index (χ3n) is 11.6. The number of fused-ring (bicyclic) bond motifs is 1. The van der Waals surface area contributed by atoms with Crippen LogP contribution in [0.15, 0.2) is 0 Å². The number of rotatable bonds is 17. The summed E-state index contributed by atoms with van der Waals surface area (Å²) in [7, 11) is 0. The topological polar surface area (TPSA) is 88.1 Å². The van der Waals surface area contributed by atoms with Crippen LogP contribution in [0.1, 0.15) is 168 Å². The molecule has 0 bridgehead atoms. The zero-order valence-corrected chi connectivity index (χ0v) is 32.7. The van der Waals surface area contributed by atoms with Gasteiger partial charge in [-0.2, -0.15) is 5.06 Å². The number of hydrogen-bond donors (Lipinski definition) is 2. The normalized spacial score (nSPS) is 23.0. The molecule has 1 aromatic rings. The molecule has 7 heteroatoms. The molecule has 1 amide bonds. The van der Waals surface area contributed by atoms with Crippen LogP contribution in [0.3, 0.4) is 0 Å². The molecule has 3 rings (SSSR count). The average Bonchev–Trinajstić information content (AvgIpc) is 3.14. The third kappa shape index (κ3) is 10.4. The Morgan fingerprint density at radius 1 is 0.875 bits per heavy atom. The number of hydroxylamine groups is 2. The largest absolute Gasteiger partial charge is 0.487 e. The molecule has 0 aromatic heterocycles. The van der Waals surface area contributed by atoms with Crippen molar-refractivity contribution in [2.45, 2.75) is 196 Å². The number of carbonyl (C=O) groups is 2. The SMILES string of the molecule is Cc1c(C)c2c(c(C)c1OC(=O)CCC(=O)NC1CC(C)(C)N(O)C1(C)C)CC[C@@](C)(CCC[C@H](C)CCC[C@H](C)CCCC(C)C)O2. The van der Waals surface area contributed by atoms with Crippen LogP contribution in [-0.4, -0.2) is 44.9 Å². The maximum Gasteiger partial charge on any atom is 0.311 e. The zero-order chi connectivity index (χ0) is 36.0. The van der Waals surface area contributed by atoms with E-state index in [-0.39, 0.29) is 30.4 Å². The van der Waals surface area contributed by atoms with Crippen molar-refractivity contribution in [3.8, 4) is 11.5 Å². The highest BCUT2D eigenvalue weighted by Gasteiger charge is 2.51. The lowest BCUT2D eigenvalue weighted by Crippen LogP contribution is -2.53. The number of carbonyl (C=O) groups excluding carboxylic acids is 2. The van der Waals surface area contributed by atoms with Crippen LogP contribution in [-0.2, 0) is 16.0 Å². The van der Waals surface area contributed by atoms with Crippen LogP contribution in [0.2, 0.25) is 0 Å². The van der Waals surface area contributed by atoms with Crippen LogP contribution in [0.25, 0.3) is 0 Å². The molecule has 2 N–H and O–H groups in total. The van der Waals surface area contributed by atoms with E-state index in [0.29, 0.717) is 12.2 Å². The highest BCUT2D eigenvalue weighted by Crippen LogP contribution is 2.45. The van der Waals surface area contributed by atoms with Crippen molar-refractivity contribution in [1.82, 2.24) is 10.4 Å². The molecule has 0 aliphatic carbocycles. The summed E-state index contributed by atoms with van der Waals surface area (Å²) in [6.07, 6.45) is 14.0. The molecule has 1 unspecified atom stereocenters. The minimum Gasteiger partial charge on any atom is -0.487 e. The molecule has 48 heavy (non-hydrogen) atoms. The predicted octanol–water partition coefficient (Wildman–Crippen LogP) is 9.96. The summed E-state index contributed by atoms with van der Waals surface area (Å²) in [5, 5.41) is 14.9. The second-order valence-corrected chi connectivity index (χ2v) is 17.5. The van der Waals surface area contributed by atoms with Crippen molar-refractivity contribution in [2.24, 2.45) is 17.8 Å². The molecule has 0 spiro atoms. The van der Waals surface area contributed by atoms with Crippen LogP contribution < -0.4 is 14.8 Å². The molecule has 1 saturated heterocycles. The summed E-state index contributed by atoms with van der Waals surface area (Å²) in [4.78, 5) is 25.8. The summed E-state index contributed by atoms with van der Waals surface area (Å²) in [6.45, 7) is 25.5. The molecule has 2 aliphatic rings. The van der Waals surface area contributed by atoms with Gasteiger partial charge >= 0.3 is 5.97 Å². The van der Waals surface area contributed by atoms with Gasteiger partial charge in [0.05, 0.1) is 18.0 Å². The molecule has 1 fully saturated rings. The summed E-state index contributed by atoms with van der Waals surface area (Å²) in [6, 6.07) is -0.217. The predicted molar refractivity (Wildman–Crippen MR) is 196 cm³/mol. The van der Waals surface area contributed by atoms with E-state index in [1.54, 1.807) is 0 Å². The Labute approximate surface area is 293 Å². The number of nitrogens with zero attached hydrogens (tertiary/aromatic N) is 1. The minimum absolute atomic E-state index is 0.00938. The number of benzene rings is 1. The molecule has 0 radical (unpaired) electrons. The van der Waals surface area contributed by atoms with Crippen molar-refractivity contribution in [3.63, 3.8) is 0 Å². The van der Waals surface area contributed by atoms with Gasteiger partial charge in [-0.25, -0.2) is 0 Å². The Hall–Kier alpha value is -2.12. The molecule has 4 atom stereocenters.